The fraction of sp³-hybridized carbons (Fsp3) is 0.417. The standard InChI is InChI=1S/C6H6.C4H8O2.C2H6O/c1-2-4-6-5-3-1;1-2-3-4(5)6;1-2-3/h1-6H;2-3H2,1H3,(H,5,6);3H,2H2,1H3. The van der Waals surface area contributed by atoms with Crippen molar-refractivity contribution in [3.05, 3.63) is 36.4 Å². The zero-order chi connectivity index (χ0) is 11.9. The molecule has 0 bridgehead atoms. The minimum Gasteiger partial charge on any atom is -0.481 e. The van der Waals surface area contributed by atoms with Crippen LogP contribution < -0.4 is 0 Å². The van der Waals surface area contributed by atoms with Gasteiger partial charge in [-0.25, -0.2) is 0 Å². The van der Waals surface area contributed by atoms with Crippen molar-refractivity contribution in [3.8, 4) is 0 Å². The molecule has 15 heavy (non-hydrogen) atoms. The van der Waals surface area contributed by atoms with Gasteiger partial charge in [-0.15, -0.1) is 0 Å². The Balaban J connectivity index is 0. The first-order valence-electron chi connectivity index (χ1n) is 5.01. The summed E-state index contributed by atoms with van der Waals surface area (Å²) >= 11 is 0. The third-order valence-corrected chi connectivity index (χ3v) is 1.13. The Labute approximate surface area is 91.4 Å². The van der Waals surface area contributed by atoms with Crippen LogP contribution in [-0.4, -0.2) is 22.8 Å². The summed E-state index contributed by atoms with van der Waals surface area (Å²) in [6.45, 7) is 3.77. The van der Waals surface area contributed by atoms with Crippen LogP contribution in [0.15, 0.2) is 36.4 Å². The van der Waals surface area contributed by atoms with Gasteiger partial charge < -0.3 is 10.2 Å². The van der Waals surface area contributed by atoms with Crippen LogP contribution in [0.25, 0.3) is 0 Å². The molecule has 1 aromatic rings. The van der Waals surface area contributed by atoms with Crippen molar-refractivity contribution in [3.63, 3.8) is 0 Å². The molecule has 0 saturated heterocycles. The fourth-order valence-corrected chi connectivity index (χ4v) is 0.599. The van der Waals surface area contributed by atoms with Crippen molar-refractivity contribution in [1.29, 1.82) is 0 Å². The molecule has 0 atom stereocenters. The molecule has 1 aromatic carbocycles. The Morgan fingerprint density at radius 3 is 1.33 bits per heavy atom. The van der Waals surface area contributed by atoms with E-state index in [1.807, 2.05) is 43.3 Å². The maximum Gasteiger partial charge on any atom is 0.303 e. The van der Waals surface area contributed by atoms with Crippen molar-refractivity contribution in [1.82, 2.24) is 0 Å². The Bertz CT molecular complexity index is 183. The summed E-state index contributed by atoms with van der Waals surface area (Å²) in [4.78, 5) is 9.60. The molecule has 0 fully saturated rings. The first-order chi connectivity index (χ1) is 7.18. The van der Waals surface area contributed by atoms with Gasteiger partial charge in [0, 0.05) is 13.0 Å². The number of benzene rings is 1. The minimum absolute atomic E-state index is 0.250. The third kappa shape index (κ3) is 24.5. The molecule has 0 saturated carbocycles. The maximum atomic E-state index is 9.60. The second kappa shape index (κ2) is 15.1. The molecule has 0 heterocycles. The van der Waals surface area contributed by atoms with E-state index in [0.717, 1.165) is 6.42 Å². The Hall–Kier alpha value is -1.35. The number of rotatable bonds is 2. The zero-order valence-corrected chi connectivity index (χ0v) is 9.39. The van der Waals surface area contributed by atoms with E-state index < -0.39 is 5.97 Å². The van der Waals surface area contributed by atoms with E-state index in [2.05, 4.69) is 0 Å². The lowest BCUT2D eigenvalue weighted by Gasteiger charge is -1.79. The summed E-state index contributed by atoms with van der Waals surface area (Å²) in [5.74, 6) is -0.711. The second-order valence-corrected chi connectivity index (χ2v) is 2.61. The molecule has 0 aliphatic carbocycles. The molecule has 0 aliphatic rings. The average Bonchev–Trinajstić information content (AvgIpc) is 2.22. The largest absolute Gasteiger partial charge is 0.481 e. The van der Waals surface area contributed by atoms with E-state index >= 15 is 0 Å². The van der Waals surface area contributed by atoms with Crippen LogP contribution in [0.5, 0.6) is 0 Å². The predicted molar refractivity (Wildman–Crippen MR) is 61.7 cm³/mol. The number of carbonyl (C=O) groups is 1. The molecular weight excluding hydrogens is 192 g/mol. The molecule has 0 unspecified atom stereocenters. The van der Waals surface area contributed by atoms with Crippen molar-refractivity contribution in [2.45, 2.75) is 26.7 Å². The number of hydrogen-bond donors (Lipinski definition) is 2. The highest BCUT2D eigenvalue weighted by molar-refractivity contribution is 5.66. The van der Waals surface area contributed by atoms with Gasteiger partial charge in [0.25, 0.3) is 0 Å². The minimum atomic E-state index is -0.711. The van der Waals surface area contributed by atoms with Crippen molar-refractivity contribution < 1.29 is 15.0 Å². The van der Waals surface area contributed by atoms with E-state index in [9.17, 15) is 4.79 Å². The molecule has 0 aliphatic heterocycles. The number of carboxylic acids is 1. The normalized spacial score (nSPS) is 7.67. The fourth-order valence-electron chi connectivity index (χ4n) is 0.599. The summed E-state index contributed by atoms with van der Waals surface area (Å²) in [5.41, 5.74) is 0. The van der Waals surface area contributed by atoms with Gasteiger partial charge in [-0.2, -0.15) is 0 Å². The average molecular weight is 212 g/mol. The molecule has 0 aromatic heterocycles. The van der Waals surface area contributed by atoms with Gasteiger partial charge in [-0.3, -0.25) is 4.79 Å². The summed E-state index contributed by atoms with van der Waals surface area (Å²) in [6.07, 6.45) is 1.02. The molecule has 86 valence electrons. The Kier molecular flexibility index (Phi) is 16.2. The number of aliphatic carboxylic acids is 1. The molecule has 0 radical (unpaired) electrons. The van der Waals surface area contributed by atoms with E-state index in [-0.39, 0.29) is 6.61 Å². The van der Waals surface area contributed by atoms with Crippen LogP contribution in [0.4, 0.5) is 0 Å². The van der Waals surface area contributed by atoms with Gasteiger partial charge in [-0.05, 0) is 13.3 Å². The summed E-state index contributed by atoms with van der Waals surface area (Å²) in [6, 6.07) is 12.0. The van der Waals surface area contributed by atoms with E-state index in [0.29, 0.717) is 6.42 Å². The monoisotopic (exact) mass is 212 g/mol. The van der Waals surface area contributed by atoms with Crippen LogP contribution in [0, 0.1) is 0 Å². The molecule has 3 nitrogen and oxygen atoms in total. The van der Waals surface area contributed by atoms with Crippen LogP contribution in [-0.2, 0) is 4.79 Å². The zero-order valence-electron chi connectivity index (χ0n) is 9.39. The van der Waals surface area contributed by atoms with Gasteiger partial charge >= 0.3 is 5.97 Å². The molecular formula is C12H20O3. The number of hydrogen-bond acceptors (Lipinski definition) is 2. The lowest BCUT2D eigenvalue weighted by Crippen LogP contribution is -1.90. The Morgan fingerprint density at radius 1 is 1.00 bits per heavy atom. The van der Waals surface area contributed by atoms with Crippen molar-refractivity contribution >= 4 is 5.97 Å². The van der Waals surface area contributed by atoms with Crippen LogP contribution in [0.2, 0.25) is 0 Å². The summed E-state index contributed by atoms with van der Waals surface area (Å²) < 4.78 is 0. The van der Waals surface area contributed by atoms with Crippen molar-refractivity contribution in [2.24, 2.45) is 0 Å². The van der Waals surface area contributed by atoms with E-state index in [4.69, 9.17) is 10.2 Å². The molecule has 0 amide bonds. The highest BCUT2D eigenvalue weighted by Crippen LogP contribution is 1.82. The lowest BCUT2D eigenvalue weighted by molar-refractivity contribution is -0.137. The summed E-state index contributed by atoms with van der Waals surface area (Å²) in [7, 11) is 0. The lowest BCUT2D eigenvalue weighted by atomic mass is 10.4. The first kappa shape index (κ1) is 16.1. The van der Waals surface area contributed by atoms with Crippen LogP contribution in [0.3, 0.4) is 0 Å². The highest BCUT2D eigenvalue weighted by atomic mass is 16.4. The molecule has 1 rings (SSSR count). The van der Waals surface area contributed by atoms with E-state index in [1.165, 1.54) is 0 Å². The Morgan fingerprint density at radius 2 is 1.27 bits per heavy atom. The molecule has 0 spiro atoms. The smallest absolute Gasteiger partial charge is 0.303 e. The quantitative estimate of drug-likeness (QED) is 0.792. The number of aliphatic hydroxyl groups excluding tert-OH is 1. The van der Waals surface area contributed by atoms with Gasteiger partial charge in [0.05, 0.1) is 0 Å². The van der Waals surface area contributed by atoms with Crippen LogP contribution >= 0.6 is 0 Å². The number of aliphatic hydroxyl groups is 1. The van der Waals surface area contributed by atoms with Gasteiger partial charge in [0.15, 0.2) is 0 Å². The number of carboxylic acid groups (broad SMARTS) is 1. The maximum absolute atomic E-state index is 9.60. The van der Waals surface area contributed by atoms with Gasteiger partial charge in [-0.1, -0.05) is 43.3 Å². The van der Waals surface area contributed by atoms with Crippen molar-refractivity contribution in [2.75, 3.05) is 6.61 Å². The van der Waals surface area contributed by atoms with Gasteiger partial charge in [0.1, 0.15) is 0 Å². The first-order valence-corrected chi connectivity index (χ1v) is 5.01. The molecule has 3 heteroatoms. The SMILES string of the molecule is CCCC(=O)O.CCO.c1ccccc1. The molecule has 2 N–H and O–H groups in total. The second-order valence-electron chi connectivity index (χ2n) is 2.61. The summed E-state index contributed by atoms with van der Waals surface area (Å²) in [5, 5.41) is 15.5. The predicted octanol–water partition coefficient (Wildman–Crippen LogP) is 2.56. The third-order valence-electron chi connectivity index (χ3n) is 1.13. The van der Waals surface area contributed by atoms with Gasteiger partial charge in [0.2, 0.25) is 0 Å². The van der Waals surface area contributed by atoms with E-state index in [1.54, 1.807) is 6.92 Å². The topological polar surface area (TPSA) is 57.5 Å². The highest BCUT2D eigenvalue weighted by Gasteiger charge is 1.87. The van der Waals surface area contributed by atoms with Crippen LogP contribution in [0.1, 0.15) is 26.7 Å².